The van der Waals surface area contributed by atoms with E-state index in [0.29, 0.717) is 0 Å². The van der Waals surface area contributed by atoms with Crippen LogP contribution in [0.3, 0.4) is 0 Å². The molecule has 0 amide bonds. The highest BCUT2D eigenvalue weighted by molar-refractivity contribution is 9.10. The maximum absolute atomic E-state index is 10.8. The highest BCUT2D eigenvalue weighted by atomic mass is 79.9. The highest BCUT2D eigenvalue weighted by Gasteiger charge is 2.25. The van der Waals surface area contributed by atoms with Gasteiger partial charge in [-0.15, -0.1) is 0 Å². The highest BCUT2D eigenvalue weighted by Crippen LogP contribution is 2.31. The van der Waals surface area contributed by atoms with Crippen LogP contribution in [0.5, 0.6) is 0 Å². The molecule has 0 aliphatic carbocycles. The van der Waals surface area contributed by atoms with E-state index in [1.54, 1.807) is 0 Å². The third-order valence-corrected chi connectivity index (χ3v) is 3.78. The largest absolute Gasteiger partial charge is 0.381 e. The summed E-state index contributed by atoms with van der Waals surface area (Å²) in [5, 5.41) is 10.8. The first-order valence-corrected chi connectivity index (χ1v) is 6.91. The summed E-state index contributed by atoms with van der Waals surface area (Å²) in [5.41, 5.74) is 2.10. The minimum atomic E-state index is -0.963. The Morgan fingerprint density at radius 1 is 1.06 bits per heavy atom. The number of halogens is 1. The Hall–Kier alpha value is -1.12. The molecule has 1 atom stereocenters. The first-order chi connectivity index (χ1) is 8.54. The van der Waals surface area contributed by atoms with Crippen LogP contribution >= 0.6 is 15.9 Å². The zero-order chi connectivity index (χ0) is 13.2. The summed E-state index contributed by atoms with van der Waals surface area (Å²) in [6, 6.07) is 15.9. The minimum Gasteiger partial charge on any atom is -0.381 e. The minimum absolute atomic E-state index is 0.894. The summed E-state index contributed by atoms with van der Waals surface area (Å²) in [7, 11) is 0. The van der Waals surface area contributed by atoms with Gasteiger partial charge in [-0.3, -0.25) is 0 Å². The lowest BCUT2D eigenvalue weighted by Crippen LogP contribution is -2.22. The van der Waals surface area contributed by atoms with Gasteiger partial charge in [0.25, 0.3) is 0 Å². The molecular formula is C16H17BrO. The molecule has 0 saturated heterocycles. The summed E-state index contributed by atoms with van der Waals surface area (Å²) < 4.78 is 0.979. The molecule has 0 heterocycles. The van der Waals surface area contributed by atoms with Crippen LogP contribution in [0.15, 0.2) is 53.0 Å². The number of benzene rings is 2. The van der Waals surface area contributed by atoms with Crippen molar-refractivity contribution >= 4 is 15.9 Å². The van der Waals surface area contributed by atoms with E-state index in [2.05, 4.69) is 35.0 Å². The molecule has 94 valence electrons. The Bertz CT molecular complexity index is 546. The molecule has 18 heavy (non-hydrogen) atoms. The normalized spacial score (nSPS) is 14.2. The van der Waals surface area contributed by atoms with Crippen LogP contribution in [-0.2, 0) is 12.0 Å². The van der Waals surface area contributed by atoms with Crippen LogP contribution in [0.4, 0.5) is 0 Å². The van der Waals surface area contributed by atoms with Gasteiger partial charge in [0.05, 0.1) is 0 Å². The van der Waals surface area contributed by atoms with Gasteiger partial charge in [-0.2, -0.15) is 0 Å². The second-order valence-electron chi connectivity index (χ2n) is 4.64. The summed E-state index contributed by atoms with van der Waals surface area (Å²) in [4.78, 5) is 0. The fourth-order valence-corrected chi connectivity index (χ4v) is 2.45. The fraction of sp³-hybridized carbons (Fsp3) is 0.250. The summed E-state index contributed by atoms with van der Waals surface area (Å²) in [5.74, 6) is 0. The molecule has 0 saturated carbocycles. The summed E-state index contributed by atoms with van der Waals surface area (Å²) in [6.45, 7) is 3.95. The third-order valence-electron chi connectivity index (χ3n) is 3.28. The molecule has 0 aliphatic rings. The second kappa shape index (κ2) is 5.25. The molecule has 0 radical (unpaired) electrons. The maximum atomic E-state index is 10.8. The lowest BCUT2D eigenvalue weighted by atomic mass is 9.87. The van der Waals surface area contributed by atoms with Crippen LogP contribution in [0, 0.1) is 0 Å². The van der Waals surface area contributed by atoms with E-state index in [1.165, 1.54) is 5.56 Å². The molecule has 1 nitrogen and oxygen atoms in total. The van der Waals surface area contributed by atoms with Crippen LogP contribution in [0.1, 0.15) is 30.5 Å². The number of hydrogen-bond acceptors (Lipinski definition) is 1. The fourth-order valence-electron chi connectivity index (χ4n) is 2.05. The van der Waals surface area contributed by atoms with Crippen molar-refractivity contribution in [3.05, 3.63) is 69.7 Å². The van der Waals surface area contributed by atoms with Crippen molar-refractivity contribution in [3.8, 4) is 0 Å². The van der Waals surface area contributed by atoms with Gasteiger partial charge in [-0.05, 0) is 42.2 Å². The zero-order valence-corrected chi connectivity index (χ0v) is 12.2. The van der Waals surface area contributed by atoms with Crippen molar-refractivity contribution in [1.29, 1.82) is 0 Å². The van der Waals surface area contributed by atoms with Crippen LogP contribution in [-0.4, -0.2) is 5.11 Å². The molecule has 2 heteroatoms. The molecule has 2 aromatic rings. The molecule has 0 aliphatic heterocycles. The molecule has 2 aromatic carbocycles. The number of rotatable bonds is 3. The Morgan fingerprint density at radius 3 is 2.28 bits per heavy atom. The van der Waals surface area contributed by atoms with E-state index in [-0.39, 0.29) is 0 Å². The van der Waals surface area contributed by atoms with Gasteiger partial charge in [0, 0.05) is 4.47 Å². The molecule has 1 unspecified atom stereocenters. The van der Waals surface area contributed by atoms with E-state index in [9.17, 15) is 5.11 Å². The van der Waals surface area contributed by atoms with Crippen LogP contribution < -0.4 is 0 Å². The molecule has 0 bridgehead atoms. The average molecular weight is 305 g/mol. The summed E-state index contributed by atoms with van der Waals surface area (Å²) >= 11 is 3.44. The van der Waals surface area contributed by atoms with Gasteiger partial charge < -0.3 is 5.11 Å². The second-order valence-corrected chi connectivity index (χ2v) is 5.55. The average Bonchev–Trinajstić information content (AvgIpc) is 2.39. The van der Waals surface area contributed by atoms with Crippen molar-refractivity contribution in [2.75, 3.05) is 0 Å². The maximum Gasteiger partial charge on any atom is 0.112 e. The van der Waals surface area contributed by atoms with Crippen LogP contribution in [0.25, 0.3) is 0 Å². The third kappa shape index (κ3) is 2.65. The molecule has 0 fully saturated rings. The summed E-state index contributed by atoms with van der Waals surface area (Å²) in [6.07, 6.45) is 0.975. The lowest BCUT2D eigenvalue weighted by Gasteiger charge is -2.25. The van der Waals surface area contributed by atoms with Gasteiger partial charge in [0.1, 0.15) is 5.60 Å². The molecule has 1 N–H and O–H groups in total. The van der Waals surface area contributed by atoms with Gasteiger partial charge in [-0.25, -0.2) is 0 Å². The van der Waals surface area contributed by atoms with Gasteiger partial charge >= 0.3 is 0 Å². The van der Waals surface area contributed by atoms with E-state index in [4.69, 9.17) is 0 Å². The quantitative estimate of drug-likeness (QED) is 0.898. The molecule has 0 spiro atoms. The van der Waals surface area contributed by atoms with Crippen molar-refractivity contribution in [3.63, 3.8) is 0 Å². The molecule has 2 rings (SSSR count). The molecule has 0 aromatic heterocycles. The Balaban J connectivity index is 2.46. The van der Waals surface area contributed by atoms with E-state index in [1.807, 2.05) is 43.3 Å². The first-order valence-electron chi connectivity index (χ1n) is 6.12. The van der Waals surface area contributed by atoms with Gasteiger partial charge in [0.15, 0.2) is 0 Å². The number of aryl methyl sites for hydroxylation is 1. The van der Waals surface area contributed by atoms with Crippen molar-refractivity contribution < 1.29 is 5.11 Å². The zero-order valence-electron chi connectivity index (χ0n) is 10.7. The Morgan fingerprint density at radius 2 is 1.67 bits per heavy atom. The predicted molar refractivity (Wildman–Crippen MR) is 78.6 cm³/mol. The SMILES string of the molecule is CCc1cccc(C(C)(O)c2cccc(Br)c2)c1. The Kier molecular flexibility index (Phi) is 3.88. The lowest BCUT2D eigenvalue weighted by molar-refractivity contribution is 0.102. The predicted octanol–water partition coefficient (Wildman–Crippen LogP) is 4.27. The molecular weight excluding hydrogens is 288 g/mol. The van der Waals surface area contributed by atoms with E-state index >= 15 is 0 Å². The monoisotopic (exact) mass is 304 g/mol. The van der Waals surface area contributed by atoms with E-state index < -0.39 is 5.60 Å². The number of aliphatic hydroxyl groups is 1. The van der Waals surface area contributed by atoms with Gasteiger partial charge in [0.2, 0.25) is 0 Å². The Labute approximate surface area is 117 Å². The van der Waals surface area contributed by atoms with Crippen molar-refractivity contribution in [2.45, 2.75) is 25.9 Å². The number of hydrogen-bond donors (Lipinski definition) is 1. The smallest absolute Gasteiger partial charge is 0.112 e. The van der Waals surface area contributed by atoms with Crippen molar-refractivity contribution in [1.82, 2.24) is 0 Å². The van der Waals surface area contributed by atoms with Crippen LogP contribution in [0.2, 0.25) is 0 Å². The van der Waals surface area contributed by atoms with E-state index in [0.717, 1.165) is 22.0 Å². The standard InChI is InChI=1S/C16H17BrO/c1-3-12-6-4-7-13(10-12)16(2,18)14-8-5-9-15(17)11-14/h4-11,18H,3H2,1-2H3. The first kappa shape index (κ1) is 13.3. The topological polar surface area (TPSA) is 20.2 Å². The van der Waals surface area contributed by atoms with Crippen molar-refractivity contribution in [2.24, 2.45) is 0 Å². The van der Waals surface area contributed by atoms with Gasteiger partial charge in [-0.1, -0.05) is 59.3 Å².